The minimum absolute atomic E-state index is 0.0177. The highest BCUT2D eigenvalue weighted by atomic mass is 19.1. The summed E-state index contributed by atoms with van der Waals surface area (Å²) < 4.78 is 24.0. The van der Waals surface area contributed by atoms with Crippen molar-refractivity contribution in [2.24, 2.45) is 0 Å². The van der Waals surface area contributed by atoms with E-state index >= 15 is 0 Å². The van der Waals surface area contributed by atoms with Crippen LogP contribution < -0.4 is 10.1 Å². The molecule has 0 aliphatic carbocycles. The van der Waals surface area contributed by atoms with Gasteiger partial charge in [-0.15, -0.1) is 0 Å². The quantitative estimate of drug-likeness (QED) is 0.890. The molecule has 0 saturated carbocycles. The number of benzene rings is 1. The topological polar surface area (TPSA) is 67.9 Å². The summed E-state index contributed by atoms with van der Waals surface area (Å²) >= 11 is 0. The molecule has 0 aromatic heterocycles. The van der Waals surface area contributed by atoms with Crippen molar-refractivity contribution in [3.8, 4) is 5.75 Å². The van der Waals surface area contributed by atoms with Crippen LogP contribution in [0.2, 0.25) is 0 Å². The summed E-state index contributed by atoms with van der Waals surface area (Å²) in [5.41, 5.74) is -0.0638. The number of amides is 2. The molecule has 2 rings (SSSR count). The Morgan fingerprint density at radius 2 is 2.08 bits per heavy atom. The SMILES string of the molecule is COc1ccc(F)cc1CC(=O)NC1CCCN(C(=O)OC(C)(C)C)C1. The molecule has 1 atom stereocenters. The lowest BCUT2D eigenvalue weighted by Crippen LogP contribution is -2.51. The highest BCUT2D eigenvalue weighted by molar-refractivity contribution is 5.79. The van der Waals surface area contributed by atoms with Crippen LogP contribution in [0.15, 0.2) is 18.2 Å². The van der Waals surface area contributed by atoms with E-state index in [1.807, 2.05) is 20.8 Å². The van der Waals surface area contributed by atoms with Crippen LogP contribution in [0.1, 0.15) is 39.2 Å². The average molecular weight is 366 g/mol. The normalized spacial score (nSPS) is 17.6. The van der Waals surface area contributed by atoms with E-state index in [9.17, 15) is 14.0 Å². The third-order valence-corrected chi connectivity index (χ3v) is 4.03. The van der Waals surface area contributed by atoms with Gasteiger partial charge in [-0.1, -0.05) is 0 Å². The van der Waals surface area contributed by atoms with Crippen LogP contribution in [0.3, 0.4) is 0 Å². The molecule has 0 radical (unpaired) electrons. The fourth-order valence-electron chi connectivity index (χ4n) is 2.92. The van der Waals surface area contributed by atoms with Crippen molar-refractivity contribution in [2.45, 2.75) is 51.7 Å². The Kier molecular flexibility index (Phi) is 6.45. The monoisotopic (exact) mass is 366 g/mol. The largest absolute Gasteiger partial charge is 0.496 e. The van der Waals surface area contributed by atoms with Crippen LogP contribution in [0, 0.1) is 5.82 Å². The van der Waals surface area contributed by atoms with Crippen LogP contribution in [-0.4, -0.2) is 48.7 Å². The first kappa shape index (κ1) is 20.0. The molecule has 1 aliphatic heterocycles. The number of carbonyl (C=O) groups excluding carboxylic acids is 2. The van der Waals surface area contributed by atoms with Crippen molar-refractivity contribution in [1.29, 1.82) is 0 Å². The molecule has 1 aromatic carbocycles. The molecule has 0 spiro atoms. The number of nitrogens with zero attached hydrogens (tertiary/aromatic N) is 1. The molecule has 7 heteroatoms. The summed E-state index contributed by atoms with van der Waals surface area (Å²) in [6.45, 7) is 6.47. The number of methoxy groups -OCH3 is 1. The van der Waals surface area contributed by atoms with E-state index in [0.717, 1.165) is 12.8 Å². The standard InChI is InChI=1S/C19H27FN2O4/c1-19(2,3)26-18(24)22-9-5-6-15(12-22)21-17(23)11-13-10-14(20)7-8-16(13)25-4/h7-8,10,15H,5-6,9,11-12H2,1-4H3,(H,21,23). The number of piperidine rings is 1. The molecule has 1 aliphatic rings. The van der Waals surface area contributed by atoms with E-state index in [2.05, 4.69) is 5.32 Å². The average Bonchev–Trinajstić information content (AvgIpc) is 2.53. The molecule has 1 unspecified atom stereocenters. The van der Waals surface area contributed by atoms with Gasteiger partial charge >= 0.3 is 6.09 Å². The zero-order chi connectivity index (χ0) is 19.3. The van der Waals surface area contributed by atoms with E-state index < -0.39 is 11.4 Å². The van der Waals surface area contributed by atoms with Gasteiger partial charge in [-0.05, 0) is 51.8 Å². The first-order valence-electron chi connectivity index (χ1n) is 8.77. The summed E-state index contributed by atoms with van der Waals surface area (Å²) in [5, 5.41) is 2.92. The van der Waals surface area contributed by atoms with Gasteiger partial charge in [-0.2, -0.15) is 0 Å². The summed E-state index contributed by atoms with van der Waals surface area (Å²) in [5.74, 6) is -0.173. The lowest BCUT2D eigenvalue weighted by molar-refractivity contribution is -0.121. The van der Waals surface area contributed by atoms with Gasteiger partial charge in [-0.25, -0.2) is 9.18 Å². The molecule has 1 aromatic rings. The van der Waals surface area contributed by atoms with Gasteiger partial charge in [0.05, 0.1) is 13.5 Å². The zero-order valence-corrected chi connectivity index (χ0v) is 15.8. The Morgan fingerprint density at radius 3 is 2.73 bits per heavy atom. The number of likely N-dealkylation sites (tertiary alicyclic amines) is 1. The first-order chi connectivity index (χ1) is 12.2. The minimum atomic E-state index is -0.554. The van der Waals surface area contributed by atoms with Gasteiger partial charge < -0.3 is 19.7 Å². The van der Waals surface area contributed by atoms with E-state index in [4.69, 9.17) is 9.47 Å². The Balaban J connectivity index is 1.93. The van der Waals surface area contributed by atoms with E-state index in [1.165, 1.54) is 25.3 Å². The van der Waals surface area contributed by atoms with E-state index in [-0.39, 0.29) is 24.5 Å². The predicted molar refractivity (Wildman–Crippen MR) is 95.6 cm³/mol. The molecular weight excluding hydrogens is 339 g/mol. The molecule has 2 amide bonds. The molecule has 1 saturated heterocycles. The van der Waals surface area contributed by atoms with Crippen LogP contribution in [-0.2, 0) is 16.0 Å². The molecule has 0 bridgehead atoms. The second kappa shape index (κ2) is 8.38. The highest BCUT2D eigenvalue weighted by Crippen LogP contribution is 2.20. The summed E-state index contributed by atoms with van der Waals surface area (Å²) in [7, 11) is 1.48. The number of ether oxygens (including phenoxy) is 2. The van der Waals surface area contributed by atoms with Crippen molar-refractivity contribution in [3.05, 3.63) is 29.6 Å². The number of carbonyl (C=O) groups is 2. The predicted octanol–water partition coefficient (Wildman–Crippen LogP) is 2.89. The summed E-state index contributed by atoms with van der Waals surface area (Å²) in [6.07, 6.45) is 1.21. The highest BCUT2D eigenvalue weighted by Gasteiger charge is 2.28. The second-order valence-corrected chi connectivity index (χ2v) is 7.47. The van der Waals surface area contributed by atoms with Gasteiger partial charge in [0.25, 0.3) is 0 Å². The summed E-state index contributed by atoms with van der Waals surface area (Å²) in [6, 6.07) is 3.94. The minimum Gasteiger partial charge on any atom is -0.496 e. The number of rotatable bonds is 4. The zero-order valence-electron chi connectivity index (χ0n) is 15.8. The first-order valence-corrected chi connectivity index (χ1v) is 8.77. The van der Waals surface area contributed by atoms with Crippen LogP contribution >= 0.6 is 0 Å². The van der Waals surface area contributed by atoms with E-state index in [0.29, 0.717) is 24.4 Å². The maximum Gasteiger partial charge on any atom is 0.410 e. The van der Waals surface area contributed by atoms with Crippen LogP contribution in [0.25, 0.3) is 0 Å². The smallest absolute Gasteiger partial charge is 0.410 e. The fourth-order valence-corrected chi connectivity index (χ4v) is 2.92. The van der Waals surface area contributed by atoms with Crippen molar-refractivity contribution < 1.29 is 23.5 Å². The number of nitrogens with one attached hydrogen (secondary N) is 1. The van der Waals surface area contributed by atoms with Gasteiger partial charge in [0.2, 0.25) is 5.91 Å². The van der Waals surface area contributed by atoms with Gasteiger partial charge in [-0.3, -0.25) is 4.79 Å². The Hall–Kier alpha value is -2.31. The summed E-state index contributed by atoms with van der Waals surface area (Å²) in [4.78, 5) is 26.1. The number of hydrogen-bond donors (Lipinski definition) is 1. The molecule has 1 N–H and O–H groups in total. The van der Waals surface area contributed by atoms with Gasteiger partial charge in [0, 0.05) is 24.7 Å². The van der Waals surface area contributed by atoms with Crippen LogP contribution in [0.4, 0.5) is 9.18 Å². The van der Waals surface area contributed by atoms with Gasteiger partial charge in [0.1, 0.15) is 17.2 Å². The van der Waals surface area contributed by atoms with Crippen molar-refractivity contribution in [1.82, 2.24) is 10.2 Å². The third kappa shape index (κ3) is 5.89. The molecule has 144 valence electrons. The van der Waals surface area contributed by atoms with Crippen molar-refractivity contribution in [2.75, 3.05) is 20.2 Å². The third-order valence-electron chi connectivity index (χ3n) is 4.03. The number of halogens is 1. The van der Waals surface area contributed by atoms with Crippen molar-refractivity contribution in [3.63, 3.8) is 0 Å². The molecule has 26 heavy (non-hydrogen) atoms. The molecule has 6 nitrogen and oxygen atoms in total. The molecule has 1 heterocycles. The maximum absolute atomic E-state index is 13.4. The van der Waals surface area contributed by atoms with Gasteiger partial charge in [0.15, 0.2) is 0 Å². The van der Waals surface area contributed by atoms with E-state index in [1.54, 1.807) is 4.90 Å². The lowest BCUT2D eigenvalue weighted by Gasteiger charge is -2.34. The maximum atomic E-state index is 13.4. The Bertz CT molecular complexity index is 657. The molecular formula is C19H27FN2O4. The van der Waals surface area contributed by atoms with Crippen molar-refractivity contribution >= 4 is 12.0 Å². The number of hydrogen-bond acceptors (Lipinski definition) is 4. The second-order valence-electron chi connectivity index (χ2n) is 7.47. The Morgan fingerprint density at radius 1 is 1.35 bits per heavy atom. The lowest BCUT2D eigenvalue weighted by atomic mass is 10.0. The fraction of sp³-hybridized carbons (Fsp3) is 0.579. The Labute approximate surface area is 153 Å². The molecule has 1 fully saturated rings. The van der Waals surface area contributed by atoms with Crippen LogP contribution in [0.5, 0.6) is 5.75 Å².